The van der Waals surface area contributed by atoms with Crippen molar-refractivity contribution in [3.63, 3.8) is 0 Å². The molecule has 0 bridgehead atoms. The van der Waals surface area contributed by atoms with Crippen LogP contribution in [0.1, 0.15) is 24.2 Å². The predicted octanol–water partition coefficient (Wildman–Crippen LogP) is 0.942. The Bertz CT molecular complexity index is 500. The van der Waals surface area contributed by atoms with E-state index in [0.29, 0.717) is 12.5 Å². The molecule has 110 valence electrons. The summed E-state index contributed by atoms with van der Waals surface area (Å²) in [6.07, 6.45) is 0. The first-order chi connectivity index (χ1) is 9.32. The molecular formula is C14H20N2O4. The molecule has 6 nitrogen and oxygen atoms in total. The maximum Gasteiger partial charge on any atom is 0.257 e. The van der Waals surface area contributed by atoms with Crippen molar-refractivity contribution in [2.24, 2.45) is 5.92 Å². The fourth-order valence-electron chi connectivity index (χ4n) is 1.57. The lowest BCUT2D eigenvalue weighted by molar-refractivity contribution is -0.121. The van der Waals surface area contributed by atoms with Crippen LogP contribution in [0.15, 0.2) is 18.2 Å². The van der Waals surface area contributed by atoms with Crippen molar-refractivity contribution in [1.82, 2.24) is 10.2 Å². The lowest BCUT2D eigenvalue weighted by Gasteiger charge is -2.18. The number of hydrogen-bond donors (Lipinski definition) is 3. The molecule has 0 heterocycles. The van der Waals surface area contributed by atoms with E-state index in [0.717, 1.165) is 0 Å². The van der Waals surface area contributed by atoms with Crippen LogP contribution in [-0.2, 0) is 4.79 Å². The average molecular weight is 280 g/mol. The Kier molecular flexibility index (Phi) is 5.37. The smallest absolute Gasteiger partial charge is 0.257 e. The molecule has 0 aliphatic rings. The molecule has 2 amide bonds. The van der Waals surface area contributed by atoms with Crippen LogP contribution in [-0.4, -0.2) is 47.1 Å². The number of para-hydroxylation sites is 1. The molecule has 0 saturated carbocycles. The third-order valence-electron chi connectivity index (χ3n) is 2.68. The highest BCUT2D eigenvalue weighted by Gasteiger charge is 2.19. The van der Waals surface area contributed by atoms with Gasteiger partial charge in [-0.25, -0.2) is 0 Å². The number of aromatic hydroxyl groups is 2. The van der Waals surface area contributed by atoms with Crippen LogP contribution >= 0.6 is 0 Å². The topological polar surface area (TPSA) is 89.9 Å². The van der Waals surface area contributed by atoms with Crippen LogP contribution in [0.2, 0.25) is 0 Å². The second kappa shape index (κ2) is 6.79. The Balaban J connectivity index is 2.67. The molecule has 0 fully saturated rings. The van der Waals surface area contributed by atoms with Gasteiger partial charge in [0.15, 0.2) is 11.5 Å². The van der Waals surface area contributed by atoms with Gasteiger partial charge in [-0.3, -0.25) is 9.59 Å². The maximum absolute atomic E-state index is 12.1. The second-order valence-electron chi connectivity index (χ2n) is 5.03. The first-order valence-corrected chi connectivity index (χ1v) is 6.36. The molecule has 20 heavy (non-hydrogen) atoms. The van der Waals surface area contributed by atoms with Crippen molar-refractivity contribution in [3.8, 4) is 11.5 Å². The van der Waals surface area contributed by atoms with Gasteiger partial charge in [-0.15, -0.1) is 0 Å². The number of phenols is 2. The summed E-state index contributed by atoms with van der Waals surface area (Å²) in [5.74, 6) is -1.32. The summed E-state index contributed by atoms with van der Waals surface area (Å²) >= 11 is 0. The fraction of sp³-hybridized carbons (Fsp3) is 0.429. The molecule has 0 spiro atoms. The number of carbonyl (C=O) groups excluding carboxylic acids is 2. The van der Waals surface area contributed by atoms with Gasteiger partial charge in [0, 0.05) is 13.6 Å². The van der Waals surface area contributed by atoms with Crippen molar-refractivity contribution in [2.45, 2.75) is 13.8 Å². The number of hydrogen-bond acceptors (Lipinski definition) is 4. The van der Waals surface area contributed by atoms with Crippen molar-refractivity contribution >= 4 is 11.8 Å². The molecule has 0 aromatic heterocycles. The van der Waals surface area contributed by atoms with Gasteiger partial charge < -0.3 is 20.4 Å². The van der Waals surface area contributed by atoms with Gasteiger partial charge in [0.2, 0.25) is 5.91 Å². The lowest BCUT2D eigenvalue weighted by Crippen LogP contribution is -2.39. The second-order valence-corrected chi connectivity index (χ2v) is 5.03. The van der Waals surface area contributed by atoms with Crippen molar-refractivity contribution < 1.29 is 19.8 Å². The number of amides is 2. The van der Waals surface area contributed by atoms with Crippen LogP contribution in [0, 0.1) is 5.92 Å². The monoisotopic (exact) mass is 280 g/mol. The quantitative estimate of drug-likeness (QED) is 0.700. The normalized spacial score (nSPS) is 10.4. The van der Waals surface area contributed by atoms with E-state index in [2.05, 4.69) is 5.32 Å². The minimum atomic E-state index is -0.530. The molecule has 3 N–H and O–H groups in total. The summed E-state index contributed by atoms with van der Waals surface area (Å²) in [6, 6.07) is 4.12. The van der Waals surface area contributed by atoms with Crippen LogP contribution in [0.4, 0.5) is 0 Å². The van der Waals surface area contributed by atoms with Gasteiger partial charge in [0.05, 0.1) is 12.1 Å². The summed E-state index contributed by atoms with van der Waals surface area (Å²) in [4.78, 5) is 24.9. The van der Waals surface area contributed by atoms with E-state index >= 15 is 0 Å². The van der Waals surface area contributed by atoms with Gasteiger partial charge in [-0.05, 0) is 18.1 Å². The lowest BCUT2D eigenvalue weighted by atomic mass is 10.1. The van der Waals surface area contributed by atoms with E-state index in [-0.39, 0.29) is 23.8 Å². The van der Waals surface area contributed by atoms with E-state index in [4.69, 9.17) is 0 Å². The molecule has 0 radical (unpaired) electrons. The van der Waals surface area contributed by atoms with E-state index < -0.39 is 11.7 Å². The minimum absolute atomic E-state index is 0.0378. The number of benzene rings is 1. The summed E-state index contributed by atoms with van der Waals surface area (Å²) in [6.45, 7) is 4.37. The molecule has 0 saturated heterocycles. The van der Waals surface area contributed by atoms with Gasteiger partial charge in [0.25, 0.3) is 5.91 Å². The Hall–Kier alpha value is -2.24. The van der Waals surface area contributed by atoms with Crippen LogP contribution in [0.3, 0.4) is 0 Å². The van der Waals surface area contributed by atoms with Crippen molar-refractivity contribution in [2.75, 3.05) is 20.1 Å². The minimum Gasteiger partial charge on any atom is -0.504 e. The third kappa shape index (κ3) is 4.15. The zero-order valence-corrected chi connectivity index (χ0v) is 11.9. The standard InChI is InChI=1S/C14H20N2O4/c1-9(2)7-15-12(18)8-16(3)14(20)10-5-4-6-11(17)13(10)19/h4-6,9,17,19H,7-8H2,1-3H3,(H,15,18). The number of rotatable bonds is 5. The van der Waals surface area contributed by atoms with Gasteiger partial charge in [-0.2, -0.15) is 0 Å². The molecule has 1 aromatic rings. The molecule has 6 heteroatoms. The molecule has 0 aliphatic carbocycles. The third-order valence-corrected chi connectivity index (χ3v) is 2.68. The highest BCUT2D eigenvalue weighted by atomic mass is 16.3. The van der Waals surface area contributed by atoms with Crippen LogP contribution in [0.25, 0.3) is 0 Å². The number of carbonyl (C=O) groups is 2. The summed E-state index contributed by atoms with van der Waals surface area (Å²) in [5.41, 5.74) is -0.0378. The van der Waals surface area contributed by atoms with Gasteiger partial charge in [-0.1, -0.05) is 19.9 Å². The first-order valence-electron chi connectivity index (χ1n) is 6.36. The van der Waals surface area contributed by atoms with Gasteiger partial charge >= 0.3 is 0 Å². The number of nitrogens with zero attached hydrogens (tertiary/aromatic N) is 1. The summed E-state index contributed by atoms with van der Waals surface area (Å²) < 4.78 is 0. The highest BCUT2D eigenvalue weighted by Crippen LogP contribution is 2.28. The zero-order chi connectivity index (χ0) is 15.3. The maximum atomic E-state index is 12.1. The molecule has 1 aromatic carbocycles. The Labute approximate surface area is 118 Å². The number of likely N-dealkylation sites (N-methyl/N-ethyl adjacent to an activating group) is 1. The zero-order valence-electron chi connectivity index (χ0n) is 11.9. The van der Waals surface area contributed by atoms with Gasteiger partial charge in [0.1, 0.15) is 0 Å². The van der Waals surface area contributed by atoms with Crippen molar-refractivity contribution in [1.29, 1.82) is 0 Å². The average Bonchev–Trinajstić information content (AvgIpc) is 2.38. The van der Waals surface area contributed by atoms with E-state index in [1.165, 1.54) is 30.1 Å². The first kappa shape index (κ1) is 15.8. The van der Waals surface area contributed by atoms with E-state index in [9.17, 15) is 19.8 Å². The SMILES string of the molecule is CC(C)CNC(=O)CN(C)C(=O)c1cccc(O)c1O. The molecular weight excluding hydrogens is 260 g/mol. The number of phenolic OH excluding ortho intramolecular Hbond substituents is 2. The fourth-order valence-corrected chi connectivity index (χ4v) is 1.57. The Morgan fingerprint density at radius 3 is 2.55 bits per heavy atom. The molecule has 0 aliphatic heterocycles. The van der Waals surface area contributed by atoms with E-state index in [1.807, 2.05) is 13.8 Å². The van der Waals surface area contributed by atoms with Crippen molar-refractivity contribution in [3.05, 3.63) is 23.8 Å². The van der Waals surface area contributed by atoms with E-state index in [1.54, 1.807) is 0 Å². The Morgan fingerprint density at radius 2 is 1.95 bits per heavy atom. The highest BCUT2D eigenvalue weighted by molar-refractivity contribution is 5.99. The summed E-state index contributed by atoms with van der Waals surface area (Å²) in [7, 11) is 1.46. The van der Waals surface area contributed by atoms with Crippen LogP contribution in [0.5, 0.6) is 11.5 Å². The number of nitrogens with one attached hydrogen (secondary N) is 1. The van der Waals surface area contributed by atoms with Crippen LogP contribution < -0.4 is 5.32 Å². The summed E-state index contributed by atoms with van der Waals surface area (Å²) in [5, 5.41) is 21.7. The largest absolute Gasteiger partial charge is 0.504 e. The predicted molar refractivity (Wildman–Crippen MR) is 74.6 cm³/mol. The molecule has 0 unspecified atom stereocenters. The Morgan fingerprint density at radius 1 is 1.30 bits per heavy atom. The molecule has 1 rings (SSSR count). The molecule has 0 atom stereocenters.